The van der Waals surface area contributed by atoms with E-state index < -0.39 is 0 Å². The highest BCUT2D eigenvalue weighted by Gasteiger charge is 2.23. The smallest absolute Gasteiger partial charge is 0.225 e. The third-order valence-corrected chi connectivity index (χ3v) is 5.03. The summed E-state index contributed by atoms with van der Waals surface area (Å²) in [7, 11) is 1.86. The van der Waals surface area contributed by atoms with Crippen LogP contribution >= 0.6 is 0 Å². The number of aryl methyl sites for hydroxylation is 2. The Morgan fingerprint density at radius 2 is 2.08 bits per heavy atom. The van der Waals surface area contributed by atoms with Crippen molar-refractivity contribution in [3.8, 4) is 5.69 Å². The molecule has 5 nitrogen and oxygen atoms in total. The lowest BCUT2D eigenvalue weighted by atomic mass is 10.1. The van der Waals surface area contributed by atoms with Crippen LogP contribution in [0.2, 0.25) is 0 Å². The van der Waals surface area contributed by atoms with Crippen molar-refractivity contribution in [1.29, 1.82) is 0 Å². The molecule has 0 radical (unpaired) electrons. The minimum Gasteiger partial charge on any atom is -0.378 e. The Balaban J connectivity index is 1.76. The van der Waals surface area contributed by atoms with Crippen LogP contribution in [0.3, 0.4) is 0 Å². The van der Waals surface area contributed by atoms with Crippen molar-refractivity contribution in [1.82, 2.24) is 14.7 Å². The van der Waals surface area contributed by atoms with Crippen molar-refractivity contribution >= 4 is 5.91 Å². The summed E-state index contributed by atoms with van der Waals surface area (Å²) in [6, 6.07) is 8.21. The van der Waals surface area contributed by atoms with Gasteiger partial charge in [-0.2, -0.15) is 5.10 Å². The van der Waals surface area contributed by atoms with Crippen LogP contribution in [0.4, 0.5) is 0 Å². The highest BCUT2D eigenvalue weighted by atomic mass is 16.5. The van der Waals surface area contributed by atoms with Crippen LogP contribution in [0, 0.1) is 20.8 Å². The molecule has 2 aromatic rings. The number of hydrogen-bond donors (Lipinski definition) is 0. The van der Waals surface area contributed by atoms with Gasteiger partial charge in [-0.1, -0.05) is 18.2 Å². The molecule has 5 heteroatoms. The van der Waals surface area contributed by atoms with Crippen molar-refractivity contribution in [2.24, 2.45) is 0 Å². The minimum absolute atomic E-state index is 0.0897. The van der Waals surface area contributed by atoms with E-state index in [0.717, 1.165) is 42.1 Å². The molecule has 1 saturated heterocycles. The summed E-state index contributed by atoms with van der Waals surface area (Å²) in [5.41, 5.74) is 5.44. The Kier molecular flexibility index (Phi) is 5.23. The topological polar surface area (TPSA) is 47.4 Å². The number of aromatic nitrogens is 2. The number of nitrogens with zero attached hydrogens (tertiary/aromatic N) is 3. The zero-order valence-electron chi connectivity index (χ0n) is 15.6. The van der Waals surface area contributed by atoms with E-state index >= 15 is 0 Å². The second-order valence-corrected chi connectivity index (χ2v) is 6.94. The number of rotatable bonds is 5. The molecule has 1 fully saturated rings. The van der Waals surface area contributed by atoms with Crippen molar-refractivity contribution in [2.75, 3.05) is 13.7 Å². The van der Waals surface area contributed by atoms with Crippen LogP contribution in [0.15, 0.2) is 24.3 Å². The van der Waals surface area contributed by atoms with Crippen LogP contribution in [0.25, 0.3) is 5.69 Å². The fraction of sp³-hybridized carbons (Fsp3) is 0.500. The lowest BCUT2D eigenvalue weighted by molar-refractivity contribution is -0.132. The molecule has 2 heterocycles. The predicted molar refractivity (Wildman–Crippen MR) is 97.8 cm³/mol. The van der Waals surface area contributed by atoms with E-state index in [0.29, 0.717) is 13.0 Å². The molecule has 1 amide bonds. The van der Waals surface area contributed by atoms with Gasteiger partial charge in [-0.05, 0) is 45.2 Å². The quantitative estimate of drug-likeness (QED) is 0.838. The van der Waals surface area contributed by atoms with Gasteiger partial charge in [-0.3, -0.25) is 4.79 Å². The molecule has 0 saturated carbocycles. The first-order valence-electron chi connectivity index (χ1n) is 8.94. The van der Waals surface area contributed by atoms with E-state index in [1.807, 2.05) is 30.8 Å². The second-order valence-electron chi connectivity index (χ2n) is 6.94. The van der Waals surface area contributed by atoms with Gasteiger partial charge in [0.2, 0.25) is 5.91 Å². The lowest BCUT2D eigenvalue weighted by Crippen LogP contribution is -2.29. The molecule has 0 spiro atoms. The molecule has 25 heavy (non-hydrogen) atoms. The van der Waals surface area contributed by atoms with E-state index in [4.69, 9.17) is 9.84 Å². The molecule has 1 aliphatic rings. The van der Waals surface area contributed by atoms with Crippen molar-refractivity contribution in [2.45, 2.75) is 52.7 Å². The first kappa shape index (κ1) is 17.7. The maximum absolute atomic E-state index is 12.5. The molecular weight excluding hydrogens is 314 g/mol. The third-order valence-electron chi connectivity index (χ3n) is 5.03. The summed E-state index contributed by atoms with van der Waals surface area (Å²) in [5, 5.41) is 4.71. The van der Waals surface area contributed by atoms with Crippen molar-refractivity contribution in [3.05, 3.63) is 46.8 Å². The fourth-order valence-corrected chi connectivity index (χ4v) is 3.42. The Bertz CT molecular complexity index is 760. The Hall–Kier alpha value is -2.14. The van der Waals surface area contributed by atoms with Gasteiger partial charge in [-0.15, -0.1) is 0 Å². The summed E-state index contributed by atoms with van der Waals surface area (Å²) in [4.78, 5) is 14.3. The van der Waals surface area contributed by atoms with Gasteiger partial charge in [0.05, 0.1) is 23.9 Å². The Labute approximate surface area is 149 Å². The summed E-state index contributed by atoms with van der Waals surface area (Å²) >= 11 is 0. The van der Waals surface area contributed by atoms with Gasteiger partial charge < -0.3 is 9.64 Å². The molecule has 1 unspecified atom stereocenters. The van der Waals surface area contributed by atoms with Gasteiger partial charge in [0, 0.05) is 31.5 Å². The van der Waals surface area contributed by atoms with Crippen molar-refractivity contribution in [3.63, 3.8) is 0 Å². The third kappa shape index (κ3) is 3.76. The van der Waals surface area contributed by atoms with Crippen LogP contribution in [-0.2, 0) is 16.1 Å². The molecule has 3 rings (SSSR count). The standard InChI is InChI=1S/C20H27N3O2/c1-14-8-5-6-10-19(14)23-16(3)18(15(2)21-23)13-22(4)20(24)12-17-9-7-11-25-17/h5-6,8,10,17H,7,9,11-13H2,1-4H3. The number of carbonyl (C=O) groups is 1. The Morgan fingerprint density at radius 1 is 1.32 bits per heavy atom. The zero-order chi connectivity index (χ0) is 18.0. The normalized spacial score (nSPS) is 17.0. The molecule has 0 N–H and O–H groups in total. The number of benzene rings is 1. The highest BCUT2D eigenvalue weighted by molar-refractivity contribution is 5.76. The van der Waals surface area contributed by atoms with Crippen LogP contribution < -0.4 is 0 Å². The van der Waals surface area contributed by atoms with Crippen LogP contribution in [-0.4, -0.2) is 40.3 Å². The lowest BCUT2D eigenvalue weighted by Gasteiger charge is -2.19. The van der Waals surface area contributed by atoms with E-state index in [1.54, 1.807) is 4.90 Å². The molecule has 1 aromatic carbocycles. The van der Waals surface area contributed by atoms with Crippen LogP contribution in [0.5, 0.6) is 0 Å². The van der Waals surface area contributed by atoms with Gasteiger partial charge in [0.15, 0.2) is 0 Å². The first-order valence-corrected chi connectivity index (χ1v) is 8.94. The number of amides is 1. The second kappa shape index (κ2) is 7.40. The Morgan fingerprint density at radius 3 is 2.76 bits per heavy atom. The monoisotopic (exact) mass is 341 g/mol. The number of ether oxygens (including phenoxy) is 1. The zero-order valence-corrected chi connectivity index (χ0v) is 15.6. The summed E-state index contributed by atoms with van der Waals surface area (Å²) in [5.74, 6) is 0.134. The van der Waals surface area contributed by atoms with Gasteiger partial charge in [0.25, 0.3) is 0 Å². The van der Waals surface area contributed by atoms with Gasteiger partial charge >= 0.3 is 0 Å². The maximum atomic E-state index is 12.5. The maximum Gasteiger partial charge on any atom is 0.225 e. The summed E-state index contributed by atoms with van der Waals surface area (Å²) < 4.78 is 7.57. The predicted octanol–water partition coefficient (Wildman–Crippen LogP) is 3.33. The summed E-state index contributed by atoms with van der Waals surface area (Å²) in [6.07, 6.45) is 2.61. The highest BCUT2D eigenvalue weighted by Crippen LogP contribution is 2.22. The van der Waals surface area contributed by atoms with E-state index in [1.165, 1.54) is 5.56 Å². The van der Waals surface area contributed by atoms with Gasteiger partial charge in [0.1, 0.15) is 0 Å². The van der Waals surface area contributed by atoms with E-state index in [9.17, 15) is 4.79 Å². The minimum atomic E-state index is 0.0897. The van der Waals surface area contributed by atoms with Crippen LogP contribution in [0.1, 0.15) is 41.8 Å². The molecule has 0 aliphatic carbocycles. The summed E-state index contributed by atoms with van der Waals surface area (Å²) in [6.45, 7) is 7.52. The molecule has 134 valence electrons. The average Bonchev–Trinajstić information content (AvgIpc) is 3.18. The fourth-order valence-electron chi connectivity index (χ4n) is 3.42. The average molecular weight is 341 g/mol. The molecule has 1 aromatic heterocycles. The number of hydrogen-bond acceptors (Lipinski definition) is 3. The SMILES string of the molecule is Cc1ccccc1-n1nc(C)c(CN(C)C(=O)CC2CCCO2)c1C. The first-order chi connectivity index (χ1) is 12.0. The van der Waals surface area contributed by atoms with E-state index in [2.05, 4.69) is 26.0 Å². The molecule has 0 bridgehead atoms. The largest absolute Gasteiger partial charge is 0.378 e. The van der Waals surface area contributed by atoms with Gasteiger partial charge in [-0.25, -0.2) is 4.68 Å². The molecule has 1 aliphatic heterocycles. The molecule has 1 atom stereocenters. The van der Waals surface area contributed by atoms with E-state index in [-0.39, 0.29) is 12.0 Å². The van der Waals surface area contributed by atoms with Crippen molar-refractivity contribution < 1.29 is 9.53 Å². The number of para-hydroxylation sites is 1. The molecular formula is C20H27N3O2. The number of carbonyl (C=O) groups excluding carboxylic acids is 1.